The number of amides is 1. The summed E-state index contributed by atoms with van der Waals surface area (Å²) in [7, 11) is 0. The van der Waals surface area contributed by atoms with Gasteiger partial charge in [0, 0.05) is 19.6 Å². The number of nitrogens with zero attached hydrogens (tertiary/aromatic N) is 2. The molecule has 0 bridgehead atoms. The van der Waals surface area contributed by atoms with Gasteiger partial charge in [0.2, 0.25) is 0 Å². The van der Waals surface area contributed by atoms with E-state index in [-0.39, 0.29) is 6.61 Å². The first-order valence-electron chi connectivity index (χ1n) is 10.6. The van der Waals surface area contributed by atoms with Crippen LogP contribution in [0.4, 0.5) is 0 Å². The first-order valence-corrected chi connectivity index (χ1v) is 10.6. The minimum absolute atomic E-state index is 0.121. The number of carbonyl (C=O) groups is 1. The molecule has 1 aliphatic rings. The van der Waals surface area contributed by atoms with Gasteiger partial charge in [-0.2, -0.15) is 0 Å². The summed E-state index contributed by atoms with van der Waals surface area (Å²) in [6.07, 6.45) is 1.12. The third-order valence-electron chi connectivity index (χ3n) is 5.46. The Bertz CT molecular complexity index is 853. The van der Waals surface area contributed by atoms with E-state index < -0.39 is 5.91 Å². The zero-order chi connectivity index (χ0) is 21.3. The van der Waals surface area contributed by atoms with Gasteiger partial charge in [0.15, 0.2) is 12.6 Å². The van der Waals surface area contributed by atoms with Gasteiger partial charge in [0.25, 0.3) is 5.91 Å². The quantitative estimate of drug-likeness (QED) is 0.545. The summed E-state index contributed by atoms with van der Waals surface area (Å²) in [6, 6.07) is 18.4. The monoisotopic (exact) mass is 408 g/mol. The lowest BCUT2D eigenvalue weighted by Crippen LogP contribution is -2.48. The molecule has 160 valence electrons. The molecular weight excluding hydrogens is 376 g/mol. The van der Waals surface area contributed by atoms with Gasteiger partial charge in [0.1, 0.15) is 5.75 Å². The number of hydrogen-bond donors (Lipinski definition) is 2. The van der Waals surface area contributed by atoms with Gasteiger partial charge < -0.3 is 20.7 Å². The van der Waals surface area contributed by atoms with Gasteiger partial charge in [-0.15, -0.1) is 0 Å². The van der Waals surface area contributed by atoms with Crippen LogP contribution in [0.1, 0.15) is 37.3 Å². The Labute approximate surface area is 179 Å². The lowest BCUT2D eigenvalue weighted by Gasteiger charge is -2.39. The van der Waals surface area contributed by atoms with Gasteiger partial charge in [-0.3, -0.25) is 4.79 Å². The summed E-state index contributed by atoms with van der Waals surface area (Å²) >= 11 is 0. The van der Waals surface area contributed by atoms with Crippen LogP contribution in [0.5, 0.6) is 5.75 Å². The van der Waals surface area contributed by atoms with Crippen molar-refractivity contribution in [3.63, 3.8) is 0 Å². The summed E-state index contributed by atoms with van der Waals surface area (Å²) in [4.78, 5) is 18.1. The second-order valence-electron chi connectivity index (χ2n) is 7.80. The van der Waals surface area contributed by atoms with Crippen molar-refractivity contribution in [3.05, 3.63) is 65.7 Å². The average Bonchev–Trinajstić information content (AvgIpc) is 2.76. The Balaban J connectivity index is 1.65. The largest absolute Gasteiger partial charge is 0.484 e. The molecule has 3 N–H and O–H groups in total. The molecule has 0 saturated carbocycles. The van der Waals surface area contributed by atoms with E-state index in [1.54, 1.807) is 0 Å². The fraction of sp³-hybridized carbons (Fsp3) is 0.417. The van der Waals surface area contributed by atoms with Gasteiger partial charge in [-0.05, 0) is 48.4 Å². The van der Waals surface area contributed by atoms with Crippen LogP contribution >= 0.6 is 0 Å². The van der Waals surface area contributed by atoms with Crippen LogP contribution in [0, 0.1) is 5.92 Å². The number of nitrogens with one attached hydrogen (secondary N) is 1. The lowest BCUT2D eigenvalue weighted by atomic mass is 9.82. The molecule has 0 aromatic heterocycles. The minimum atomic E-state index is -0.485. The van der Waals surface area contributed by atoms with Crippen LogP contribution in [0.3, 0.4) is 0 Å². The summed E-state index contributed by atoms with van der Waals surface area (Å²) < 4.78 is 5.40. The molecule has 0 aliphatic carbocycles. The van der Waals surface area contributed by atoms with Crippen molar-refractivity contribution in [2.24, 2.45) is 16.6 Å². The molecule has 1 amide bonds. The summed E-state index contributed by atoms with van der Waals surface area (Å²) in [5.74, 6) is 2.23. The van der Waals surface area contributed by atoms with E-state index in [1.165, 1.54) is 5.56 Å². The highest BCUT2D eigenvalue weighted by Gasteiger charge is 2.28. The van der Waals surface area contributed by atoms with Gasteiger partial charge in [-0.1, -0.05) is 49.4 Å². The Kier molecular flexibility index (Phi) is 7.71. The van der Waals surface area contributed by atoms with Crippen LogP contribution < -0.4 is 15.8 Å². The molecule has 2 aromatic carbocycles. The maximum absolute atomic E-state index is 10.9. The Morgan fingerprint density at radius 3 is 2.73 bits per heavy atom. The molecule has 1 saturated heterocycles. The number of ether oxygens (including phenoxy) is 1. The molecule has 0 spiro atoms. The third-order valence-corrected chi connectivity index (χ3v) is 5.46. The molecular formula is C24H32N4O2. The molecule has 6 nitrogen and oxygen atoms in total. The van der Waals surface area contributed by atoms with Crippen LogP contribution in [0.15, 0.2) is 59.6 Å². The Hall–Kier alpha value is -3.02. The van der Waals surface area contributed by atoms with Gasteiger partial charge in [-0.25, -0.2) is 4.99 Å². The first kappa shape index (κ1) is 21.7. The van der Waals surface area contributed by atoms with Crippen LogP contribution in [0.2, 0.25) is 0 Å². The third kappa shape index (κ3) is 5.99. The van der Waals surface area contributed by atoms with Crippen LogP contribution in [-0.4, -0.2) is 43.0 Å². The minimum Gasteiger partial charge on any atom is -0.484 e. The van der Waals surface area contributed by atoms with E-state index in [0.717, 1.165) is 37.6 Å². The molecule has 3 rings (SSSR count). The zero-order valence-corrected chi connectivity index (χ0v) is 17.9. The molecule has 1 aliphatic heterocycles. The second-order valence-corrected chi connectivity index (χ2v) is 7.80. The molecule has 0 radical (unpaired) electrons. The predicted octanol–water partition coefficient (Wildman–Crippen LogP) is 3.14. The highest BCUT2D eigenvalue weighted by Crippen LogP contribution is 2.32. The van der Waals surface area contributed by atoms with Crippen molar-refractivity contribution in [3.8, 4) is 5.75 Å². The van der Waals surface area contributed by atoms with E-state index in [9.17, 15) is 4.79 Å². The Morgan fingerprint density at radius 2 is 2.03 bits per heavy atom. The fourth-order valence-corrected chi connectivity index (χ4v) is 4.01. The summed E-state index contributed by atoms with van der Waals surface area (Å²) in [6.45, 7) is 7.63. The van der Waals surface area contributed by atoms with E-state index in [2.05, 4.69) is 54.4 Å². The predicted molar refractivity (Wildman–Crippen MR) is 120 cm³/mol. The highest BCUT2D eigenvalue weighted by atomic mass is 16.5. The number of guanidine groups is 1. The SMILES string of the molecule is CCNC(=NCc1cccc(OCC(N)=O)c1)N1CCC(c2ccccc2)C(C)C1. The average molecular weight is 409 g/mol. The molecule has 1 fully saturated rings. The normalized spacial score (nSPS) is 19.4. The van der Waals surface area contributed by atoms with Crippen molar-refractivity contribution in [2.75, 3.05) is 26.2 Å². The van der Waals surface area contributed by atoms with Crippen LogP contribution in [0.25, 0.3) is 0 Å². The van der Waals surface area contributed by atoms with E-state index >= 15 is 0 Å². The second kappa shape index (κ2) is 10.7. The van der Waals surface area contributed by atoms with Crippen molar-refractivity contribution >= 4 is 11.9 Å². The number of hydrogen-bond acceptors (Lipinski definition) is 3. The van der Waals surface area contributed by atoms with E-state index in [1.807, 2.05) is 24.3 Å². The summed E-state index contributed by atoms with van der Waals surface area (Å²) in [5, 5.41) is 3.44. The fourth-order valence-electron chi connectivity index (χ4n) is 4.01. The lowest BCUT2D eigenvalue weighted by molar-refractivity contribution is -0.119. The van der Waals surface area contributed by atoms with Crippen molar-refractivity contribution < 1.29 is 9.53 Å². The molecule has 6 heteroatoms. The number of carbonyl (C=O) groups excluding carboxylic acids is 1. The molecule has 1 heterocycles. The zero-order valence-electron chi connectivity index (χ0n) is 17.9. The number of aliphatic imine (C=N–C) groups is 1. The molecule has 2 atom stereocenters. The molecule has 30 heavy (non-hydrogen) atoms. The smallest absolute Gasteiger partial charge is 0.255 e. The van der Waals surface area contributed by atoms with Crippen molar-refractivity contribution in [1.82, 2.24) is 10.2 Å². The molecule has 2 unspecified atom stereocenters. The first-order chi connectivity index (χ1) is 14.6. The van der Waals surface area contributed by atoms with Crippen molar-refractivity contribution in [1.29, 1.82) is 0 Å². The Morgan fingerprint density at radius 1 is 1.23 bits per heavy atom. The highest BCUT2D eigenvalue weighted by molar-refractivity contribution is 5.80. The maximum atomic E-state index is 10.9. The number of piperidine rings is 1. The molecule has 2 aromatic rings. The number of benzene rings is 2. The topological polar surface area (TPSA) is 80.0 Å². The summed E-state index contributed by atoms with van der Waals surface area (Å²) in [5.41, 5.74) is 7.61. The van der Waals surface area contributed by atoms with Crippen LogP contribution in [-0.2, 0) is 11.3 Å². The van der Waals surface area contributed by atoms with Gasteiger partial charge >= 0.3 is 0 Å². The number of rotatable bonds is 7. The maximum Gasteiger partial charge on any atom is 0.255 e. The van der Waals surface area contributed by atoms with Crippen molar-refractivity contribution in [2.45, 2.75) is 32.7 Å². The number of primary amides is 1. The standard InChI is InChI=1S/C24H32N4O2/c1-3-26-24(27-15-19-8-7-11-21(14-19)30-17-23(25)29)28-13-12-22(18(2)16-28)20-9-5-4-6-10-20/h4-11,14,18,22H,3,12-13,15-17H2,1-2H3,(H2,25,29)(H,26,27). The number of nitrogens with two attached hydrogens (primary N) is 1. The van der Waals surface area contributed by atoms with E-state index in [0.29, 0.717) is 24.1 Å². The van der Waals surface area contributed by atoms with E-state index in [4.69, 9.17) is 15.5 Å². The van der Waals surface area contributed by atoms with Gasteiger partial charge in [0.05, 0.1) is 6.54 Å². The number of likely N-dealkylation sites (tertiary alicyclic amines) is 1.